The molecule has 0 aliphatic rings. The molecule has 0 fully saturated rings. The van der Waals surface area contributed by atoms with Gasteiger partial charge >= 0.3 is 0 Å². The minimum atomic E-state index is -0.548. The first-order valence-corrected chi connectivity index (χ1v) is 9.48. The lowest BCUT2D eigenvalue weighted by Crippen LogP contribution is -2.21. The fourth-order valence-corrected chi connectivity index (χ4v) is 3.42. The highest BCUT2D eigenvalue weighted by Crippen LogP contribution is 2.24. The number of halogens is 2. The van der Waals surface area contributed by atoms with Gasteiger partial charge in [0.25, 0.3) is 5.56 Å². The van der Waals surface area contributed by atoms with Crippen molar-refractivity contribution in [2.24, 2.45) is 0 Å². The SMILES string of the molecule is Cc1c(Cl)cccc1NC(=O)CSc1nc(O)cc(=O)n1-c1ccc(F)cc1. The Balaban J connectivity index is 1.82. The number of nitrogens with zero attached hydrogens (tertiary/aromatic N) is 2. The molecule has 0 radical (unpaired) electrons. The van der Waals surface area contributed by atoms with Gasteiger partial charge in [-0.05, 0) is 48.9 Å². The van der Waals surface area contributed by atoms with Crippen molar-refractivity contribution in [2.75, 3.05) is 11.1 Å². The van der Waals surface area contributed by atoms with Crippen molar-refractivity contribution in [3.8, 4) is 11.6 Å². The maximum atomic E-state index is 13.2. The van der Waals surface area contributed by atoms with Gasteiger partial charge in [-0.2, -0.15) is 4.98 Å². The summed E-state index contributed by atoms with van der Waals surface area (Å²) in [6, 6.07) is 11.4. The van der Waals surface area contributed by atoms with Crippen molar-refractivity contribution in [1.82, 2.24) is 9.55 Å². The van der Waals surface area contributed by atoms with Gasteiger partial charge in [0.2, 0.25) is 11.8 Å². The maximum absolute atomic E-state index is 13.2. The molecule has 1 amide bonds. The number of amides is 1. The van der Waals surface area contributed by atoms with Gasteiger partial charge in [0.1, 0.15) is 5.82 Å². The number of rotatable bonds is 5. The molecule has 3 aromatic rings. The zero-order valence-electron chi connectivity index (χ0n) is 14.6. The Hall–Kier alpha value is -2.84. The van der Waals surface area contributed by atoms with Crippen molar-refractivity contribution in [3.05, 3.63) is 75.3 Å². The number of hydrogen-bond donors (Lipinski definition) is 2. The molecular weight excluding hydrogens is 405 g/mol. The third-order valence-corrected chi connectivity index (χ3v) is 5.18. The summed E-state index contributed by atoms with van der Waals surface area (Å²) in [4.78, 5) is 28.5. The molecule has 6 nitrogen and oxygen atoms in total. The highest BCUT2D eigenvalue weighted by Gasteiger charge is 2.14. The predicted octanol–water partition coefficient (Wildman–Crippen LogP) is 3.77. The van der Waals surface area contributed by atoms with Crippen LogP contribution in [0.5, 0.6) is 5.88 Å². The molecule has 0 unspecified atom stereocenters. The van der Waals surface area contributed by atoms with E-state index < -0.39 is 17.3 Å². The summed E-state index contributed by atoms with van der Waals surface area (Å²) in [5.41, 5.74) is 1.14. The number of hydrogen-bond acceptors (Lipinski definition) is 5. The first-order valence-electron chi connectivity index (χ1n) is 8.12. The van der Waals surface area contributed by atoms with Crippen LogP contribution >= 0.6 is 23.4 Å². The van der Waals surface area contributed by atoms with E-state index in [1.165, 1.54) is 28.8 Å². The minimum Gasteiger partial charge on any atom is -0.493 e. The van der Waals surface area contributed by atoms with E-state index in [9.17, 15) is 19.1 Å². The molecular formula is C19H15ClFN3O3S. The Morgan fingerprint density at radius 3 is 2.71 bits per heavy atom. The minimum absolute atomic E-state index is 0.0664. The number of anilines is 1. The van der Waals surface area contributed by atoms with Crippen LogP contribution in [-0.2, 0) is 4.79 Å². The first kappa shape index (κ1) is 19.9. The molecule has 9 heteroatoms. The number of carbonyl (C=O) groups is 1. The van der Waals surface area contributed by atoms with Crippen LogP contribution in [0.15, 0.2) is 58.5 Å². The second-order valence-electron chi connectivity index (χ2n) is 5.80. The van der Waals surface area contributed by atoms with E-state index >= 15 is 0 Å². The summed E-state index contributed by atoms with van der Waals surface area (Å²) >= 11 is 7.01. The molecule has 2 aromatic carbocycles. The lowest BCUT2D eigenvalue weighted by molar-refractivity contribution is -0.113. The topological polar surface area (TPSA) is 84.2 Å². The average molecular weight is 420 g/mol. The molecule has 1 aromatic heterocycles. The fourth-order valence-electron chi connectivity index (χ4n) is 2.43. The van der Waals surface area contributed by atoms with E-state index in [1.54, 1.807) is 25.1 Å². The van der Waals surface area contributed by atoms with Crippen molar-refractivity contribution >= 4 is 35.0 Å². The van der Waals surface area contributed by atoms with E-state index in [1.807, 2.05) is 0 Å². The van der Waals surface area contributed by atoms with Gasteiger partial charge in [0.05, 0.1) is 17.5 Å². The van der Waals surface area contributed by atoms with Crippen LogP contribution in [0.3, 0.4) is 0 Å². The maximum Gasteiger partial charge on any atom is 0.262 e. The summed E-state index contributed by atoms with van der Waals surface area (Å²) in [5.74, 6) is -1.31. The zero-order chi connectivity index (χ0) is 20.3. The normalized spacial score (nSPS) is 10.7. The number of benzene rings is 2. The van der Waals surface area contributed by atoms with Gasteiger partial charge in [-0.1, -0.05) is 29.4 Å². The van der Waals surface area contributed by atoms with Crippen LogP contribution in [-0.4, -0.2) is 26.3 Å². The molecule has 144 valence electrons. The molecule has 0 saturated heterocycles. The third-order valence-electron chi connectivity index (χ3n) is 3.83. The second kappa shape index (κ2) is 8.45. The molecule has 2 N–H and O–H groups in total. The predicted molar refractivity (Wildman–Crippen MR) is 107 cm³/mol. The van der Waals surface area contributed by atoms with Crippen molar-refractivity contribution in [3.63, 3.8) is 0 Å². The van der Waals surface area contributed by atoms with Crippen molar-refractivity contribution < 1.29 is 14.3 Å². The van der Waals surface area contributed by atoms with E-state index in [4.69, 9.17) is 11.6 Å². The Bertz CT molecular complexity index is 1090. The Labute approximate surface area is 169 Å². The summed E-state index contributed by atoms with van der Waals surface area (Å²) in [7, 11) is 0. The number of nitrogens with one attached hydrogen (secondary N) is 1. The molecule has 0 atom stereocenters. The van der Waals surface area contributed by atoms with Crippen LogP contribution in [0.2, 0.25) is 5.02 Å². The summed E-state index contributed by atoms with van der Waals surface area (Å²) in [5, 5.41) is 13.0. The lowest BCUT2D eigenvalue weighted by atomic mass is 10.2. The average Bonchev–Trinajstić information content (AvgIpc) is 2.64. The van der Waals surface area contributed by atoms with Gasteiger partial charge in [-0.3, -0.25) is 14.2 Å². The smallest absolute Gasteiger partial charge is 0.262 e. The number of carbonyl (C=O) groups excluding carboxylic acids is 1. The molecule has 1 heterocycles. The van der Waals surface area contributed by atoms with E-state index in [0.29, 0.717) is 16.4 Å². The van der Waals surface area contributed by atoms with E-state index in [-0.39, 0.29) is 16.8 Å². The number of aromatic hydroxyl groups is 1. The van der Waals surface area contributed by atoms with Crippen molar-refractivity contribution in [1.29, 1.82) is 0 Å². The van der Waals surface area contributed by atoms with Crippen LogP contribution in [0.1, 0.15) is 5.56 Å². The zero-order valence-corrected chi connectivity index (χ0v) is 16.2. The quantitative estimate of drug-likeness (QED) is 0.485. The van der Waals surface area contributed by atoms with Crippen molar-refractivity contribution in [2.45, 2.75) is 12.1 Å². The first-order chi connectivity index (χ1) is 13.3. The summed E-state index contributed by atoms with van der Waals surface area (Å²) < 4.78 is 14.4. The Kier molecular flexibility index (Phi) is 6.01. The molecule has 3 rings (SSSR count). The molecule has 0 aliphatic heterocycles. The monoisotopic (exact) mass is 419 g/mol. The second-order valence-corrected chi connectivity index (χ2v) is 7.15. The van der Waals surface area contributed by atoms with Crippen LogP contribution in [0, 0.1) is 12.7 Å². The van der Waals surface area contributed by atoms with Gasteiger partial charge in [0, 0.05) is 10.7 Å². The van der Waals surface area contributed by atoms with Gasteiger partial charge in [0.15, 0.2) is 5.16 Å². The van der Waals surface area contributed by atoms with Crippen LogP contribution in [0.4, 0.5) is 10.1 Å². The lowest BCUT2D eigenvalue weighted by Gasteiger charge is -2.12. The van der Waals surface area contributed by atoms with Gasteiger partial charge < -0.3 is 10.4 Å². The fraction of sp³-hybridized carbons (Fsp3) is 0.105. The largest absolute Gasteiger partial charge is 0.493 e. The molecule has 0 spiro atoms. The Morgan fingerprint density at radius 2 is 2.00 bits per heavy atom. The molecule has 0 aliphatic carbocycles. The van der Waals surface area contributed by atoms with Gasteiger partial charge in [-0.25, -0.2) is 4.39 Å². The number of aromatic nitrogens is 2. The third kappa shape index (κ3) is 4.52. The Morgan fingerprint density at radius 1 is 1.29 bits per heavy atom. The van der Waals surface area contributed by atoms with E-state index in [2.05, 4.69) is 10.3 Å². The van der Waals surface area contributed by atoms with E-state index in [0.717, 1.165) is 23.4 Å². The highest BCUT2D eigenvalue weighted by atomic mass is 35.5. The molecule has 0 bridgehead atoms. The highest BCUT2D eigenvalue weighted by molar-refractivity contribution is 7.99. The number of thioether (sulfide) groups is 1. The molecule has 0 saturated carbocycles. The summed E-state index contributed by atoms with van der Waals surface area (Å²) in [6.07, 6.45) is 0. The summed E-state index contributed by atoms with van der Waals surface area (Å²) in [6.45, 7) is 1.79. The standard InChI is InChI=1S/C19H15ClFN3O3S/c1-11-14(20)3-2-4-15(11)22-17(26)10-28-19-23-16(25)9-18(27)24(19)13-7-5-12(21)6-8-13/h2-9,25H,10H2,1H3,(H,22,26). The molecule has 28 heavy (non-hydrogen) atoms. The van der Waals surface area contributed by atoms with Crippen LogP contribution in [0.25, 0.3) is 5.69 Å². The van der Waals surface area contributed by atoms with Gasteiger partial charge in [-0.15, -0.1) is 0 Å². The van der Waals surface area contributed by atoms with Crippen LogP contribution < -0.4 is 10.9 Å².